The Kier molecular flexibility index (Phi) is 7.83. The van der Waals surface area contributed by atoms with Gasteiger partial charge in [0.05, 0.1) is 5.52 Å². The van der Waals surface area contributed by atoms with Crippen molar-refractivity contribution in [2.45, 2.75) is 76.9 Å². The number of para-hydroxylation sites is 1. The highest BCUT2D eigenvalue weighted by Crippen LogP contribution is 2.40. The highest BCUT2D eigenvalue weighted by Gasteiger charge is 2.39. The summed E-state index contributed by atoms with van der Waals surface area (Å²) in [6.45, 7) is 3.78. The quantitative estimate of drug-likeness (QED) is 0.248. The zero-order chi connectivity index (χ0) is 26.6. The van der Waals surface area contributed by atoms with Gasteiger partial charge in [-0.2, -0.15) is 0 Å². The predicted molar refractivity (Wildman–Crippen MR) is 160 cm³/mol. The Bertz CT molecular complexity index is 1390. The summed E-state index contributed by atoms with van der Waals surface area (Å²) in [5.41, 5.74) is 6.09. The zero-order valence-electron chi connectivity index (χ0n) is 23.2. The molecule has 3 heterocycles. The lowest BCUT2D eigenvalue weighted by Gasteiger charge is -2.39. The average Bonchev–Trinajstić information content (AvgIpc) is 3.44. The molecule has 2 atom stereocenters. The molecule has 202 valence electrons. The van der Waals surface area contributed by atoms with E-state index >= 15 is 0 Å². The van der Waals surface area contributed by atoms with Gasteiger partial charge in [-0.25, -0.2) is 4.79 Å². The molecule has 2 aliphatic rings. The summed E-state index contributed by atoms with van der Waals surface area (Å²) in [5.74, 6) is 0.871. The topological polar surface area (TPSA) is 37.3 Å². The van der Waals surface area contributed by atoms with E-state index < -0.39 is 0 Å². The number of benzene rings is 3. The van der Waals surface area contributed by atoms with Gasteiger partial charge in [-0.3, -0.25) is 9.47 Å². The largest absolute Gasteiger partial charge is 0.333 e. The third kappa shape index (κ3) is 5.96. The van der Waals surface area contributed by atoms with Crippen LogP contribution in [0.15, 0.2) is 85.1 Å². The van der Waals surface area contributed by atoms with E-state index in [1.54, 1.807) is 0 Å². The smallest absolute Gasteiger partial charge is 0.326 e. The van der Waals surface area contributed by atoms with Crippen LogP contribution in [0.3, 0.4) is 0 Å². The van der Waals surface area contributed by atoms with E-state index in [4.69, 9.17) is 0 Å². The van der Waals surface area contributed by atoms with Crippen LogP contribution in [0.2, 0.25) is 0 Å². The van der Waals surface area contributed by atoms with Crippen LogP contribution in [-0.4, -0.2) is 34.1 Å². The van der Waals surface area contributed by atoms with Crippen LogP contribution in [0.4, 0.5) is 4.79 Å². The number of hydrogen-bond donors (Lipinski definition) is 1. The van der Waals surface area contributed by atoms with Crippen molar-refractivity contribution < 1.29 is 4.79 Å². The average molecular weight is 520 g/mol. The van der Waals surface area contributed by atoms with Gasteiger partial charge in [0.1, 0.15) is 0 Å². The summed E-state index contributed by atoms with van der Waals surface area (Å²) in [4.78, 5) is 16.0. The molecule has 0 aliphatic carbocycles. The first-order valence-corrected chi connectivity index (χ1v) is 14.9. The first kappa shape index (κ1) is 25.9. The zero-order valence-corrected chi connectivity index (χ0v) is 23.2. The number of fused-ring (bicyclic) bond motifs is 3. The number of aromatic nitrogens is 1. The normalized spacial score (nSPS) is 20.9. The first-order valence-electron chi connectivity index (χ1n) is 14.9. The molecular weight excluding hydrogens is 478 g/mol. The number of carbonyl (C=O) groups is 1. The molecule has 3 aromatic carbocycles. The summed E-state index contributed by atoms with van der Waals surface area (Å²) in [7, 11) is 0. The molecule has 2 aliphatic heterocycles. The molecule has 2 unspecified atom stereocenters. The van der Waals surface area contributed by atoms with Crippen molar-refractivity contribution in [1.82, 2.24) is 14.8 Å². The minimum atomic E-state index is -0.0606. The molecule has 2 saturated heterocycles. The molecule has 4 heteroatoms. The highest BCUT2D eigenvalue weighted by atomic mass is 16.2. The summed E-state index contributed by atoms with van der Waals surface area (Å²) in [6, 6.07) is 29.1. The highest BCUT2D eigenvalue weighted by molar-refractivity contribution is 5.93. The second-order valence-corrected chi connectivity index (χ2v) is 11.8. The minimum Gasteiger partial charge on any atom is -0.333 e. The van der Waals surface area contributed by atoms with Crippen LogP contribution >= 0.6 is 0 Å². The number of rotatable bonds is 9. The van der Waals surface area contributed by atoms with Crippen LogP contribution in [0.5, 0.6) is 0 Å². The summed E-state index contributed by atoms with van der Waals surface area (Å²) < 4.78 is 1.81. The Labute approximate surface area is 233 Å². The van der Waals surface area contributed by atoms with Crippen molar-refractivity contribution in [2.24, 2.45) is 5.92 Å². The van der Waals surface area contributed by atoms with Crippen molar-refractivity contribution >= 4 is 16.9 Å². The molecule has 0 spiro atoms. The summed E-state index contributed by atoms with van der Waals surface area (Å²) in [5, 5.41) is 4.32. The second kappa shape index (κ2) is 11.8. The molecule has 0 saturated carbocycles. The fraction of sp³-hybridized carbons (Fsp3) is 0.400. The minimum absolute atomic E-state index is 0.0606. The lowest BCUT2D eigenvalue weighted by Crippen LogP contribution is -2.43. The number of piperidine rings is 1. The Morgan fingerprint density at radius 3 is 2.41 bits per heavy atom. The molecule has 2 bridgehead atoms. The number of aryl methyl sites for hydroxylation is 3. The number of nitrogens with zero attached hydrogens (tertiary/aromatic N) is 2. The van der Waals surface area contributed by atoms with Gasteiger partial charge in [0.25, 0.3) is 0 Å². The van der Waals surface area contributed by atoms with Crippen molar-refractivity contribution in [3.63, 3.8) is 0 Å². The summed E-state index contributed by atoms with van der Waals surface area (Å²) >= 11 is 0. The van der Waals surface area contributed by atoms with Crippen LogP contribution in [0, 0.1) is 12.8 Å². The lowest BCUT2D eigenvalue weighted by atomic mass is 9.86. The Morgan fingerprint density at radius 2 is 1.62 bits per heavy atom. The van der Waals surface area contributed by atoms with Gasteiger partial charge in [0.15, 0.2) is 0 Å². The van der Waals surface area contributed by atoms with E-state index in [2.05, 4.69) is 90.1 Å². The molecule has 1 amide bonds. The molecule has 1 aromatic heterocycles. The van der Waals surface area contributed by atoms with Gasteiger partial charge < -0.3 is 5.32 Å². The maximum absolute atomic E-state index is 13.2. The Hall–Kier alpha value is -3.37. The number of nitrogens with one attached hydrogen (secondary N) is 1. The molecule has 4 aromatic rings. The van der Waals surface area contributed by atoms with Gasteiger partial charge in [-0.05, 0) is 93.5 Å². The maximum Gasteiger partial charge on any atom is 0.326 e. The van der Waals surface area contributed by atoms with Gasteiger partial charge >= 0.3 is 6.03 Å². The van der Waals surface area contributed by atoms with E-state index in [1.807, 2.05) is 16.7 Å². The van der Waals surface area contributed by atoms with E-state index in [0.717, 1.165) is 41.9 Å². The van der Waals surface area contributed by atoms with Gasteiger partial charge in [0.2, 0.25) is 0 Å². The fourth-order valence-corrected chi connectivity index (χ4v) is 7.16. The molecule has 6 rings (SSSR count). The number of carbonyl (C=O) groups excluding carboxylic acids is 1. The fourth-order valence-electron chi connectivity index (χ4n) is 7.16. The molecule has 2 fully saturated rings. The molecular formula is C35H41N3O. The van der Waals surface area contributed by atoms with Crippen LogP contribution < -0.4 is 5.32 Å². The van der Waals surface area contributed by atoms with E-state index in [-0.39, 0.29) is 6.03 Å². The third-order valence-electron chi connectivity index (χ3n) is 9.07. The van der Waals surface area contributed by atoms with E-state index in [0.29, 0.717) is 6.54 Å². The standard InChI is InChI=1S/C35H41N3O/c1-26-9-7-12-29(21-26)24-36-35(39)38-25-30(33-14-5-6-15-34(33)38)13-8-20-37-31-18-19-32(37)23-28(22-31)17-16-27-10-3-2-4-11-27/h2-7,9-12,14-15,21,25,28,31-32H,8,13,16-20,22-24H2,1H3,(H,36,39). The molecule has 0 radical (unpaired) electrons. The monoisotopic (exact) mass is 519 g/mol. The van der Waals surface area contributed by atoms with Crippen molar-refractivity contribution in [1.29, 1.82) is 0 Å². The second-order valence-electron chi connectivity index (χ2n) is 11.8. The molecule has 1 N–H and O–H groups in total. The van der Waals surface area contributed by atoms with E-state index in [9.17, 15) is 4.79 Å². The SMILES string of the molecule is Cc1cccc(CNC(=O)n2cc(CCCN3C4CCC3CC(CCc3ccccc3)C4)c3ccccc32)c1. The predicted octanol–water partition coefficient (Wildman–Crippen LogP) is 7.52. The van der Waals surface area contributed by atoms with Gasteiger partial charge in [0, 0.05) is 30.2 Å². The number of hydrogen-bond acceptors (Lipinski definition) is 2. The molecule has 4 nitrogen and oxygen atoms in total. The van der Waals surface area contributed by atoms with Crippen LogP contribution in [0.25, 0.3) is 10.9 Å². The number of amides is 1. The van der Waals surface area contributed by atoms with Crippen LogP contribution in [0.1, 0.15) is 60.8 Å². The third-order valence-corrected chi connectivity index (χ3v) is 9.07. The van der Waals surface area contributed by atoms with Gasteiger partial charge in [-0.15, -0.1) is 0 Å². The lowest BCUT2D eigenvalue weighted by molar-refractivity contribution is 0.0992. The van der Waals surface area contributed by atoms with Crippen molar-refractivity contribution in [2.75, 3.05) is 6.54 Å². The Balaban J connectivity index is 1.05. The molecule has 39 heavy (non-hydrogen) atoms. The first-order chi connectivity index (χ1) is 19.1. The van der Waals surface area contributed by atoms with E-state index in [1.165, 1.54) is 67.1 Å². The van der Waals surface area contributed by atoms with Gasteiger partial charge in [-0.1, -0.05) is 78.4 Å². The summed E-state index contributed by atoms with van der Waals surface area (Å²) in [6.07, 6.45) is 12.2. The van der Waals surface area contributed by atoms with Crippen molar-refractivity contribution in [3.05, 3.63) is 107 Å². The maximum atomic E-state index is 13.2. The Morgan fingerprint density at radius 1 is 0.872 bits per heavy atom. The van der Waals surface area contributed by atoms with Crippen LogP contribution in [-0.2, 0) is 19.4 Å². The van der Waals surface area contributed by atoms with Crippen molar-refractivity contribution in [3.8, 4) is 0 Å².